The minimum atomic E-state index is -0.655. The molecule has 0 atom stereocenters. The molecule has 1 rings (SSSR count). The predicted molar refractivity (Wildman–Crippen MR) is 87.7 cm³/mol. The van der Waals surface area contributed by atoms with Gasteiger partial charge in [0.2, 0.25) is 0 Å². The van der Waals surface area contributed by atoms with Crippen LogP contribution in [0.5, 0.6) is 0 Å². The summed E-state index contributed by atoms with van der Waals surface area (Å²) < 4.78 is 15.5. The third-order valence-electron chi connectivity index (χ3n) is 2.84. The molecule has 0 bridgehead atoms. The topological polar surface area (TPSA) is 93.4 Å². The number of aromatic amines is 2. The van der Waals surface area contributed by atoms with Gasteiger partial charge in [0.25, 0.3) is 5.56 Å². The van der Waals surface area contributed by atoms with Gasteiger partial charge in [0.1, 0.15) is 5.56 Å². The number of ether oxygens (including phenoxy) is 3. The van der Waals surface area contributed by atoms with Crippen LogP contribution >= 0.6 is 12.2 Å². The van der Waals surface area contributed by atoms with Gasteiger partial charge in [-0.05, 0) is 38.4 Å². The molecular formula is C15H22N2O5S. The number of rotatable bonds is 11. The summed E-state index contributed by atoms with van der Waals surface area (Å²) in [5, 5.41) is 0. The Morgan fingerprint density at radius 2 is 1.91 bits per heavy atom. The third-order valence-corrected chi connectivity index (χ3v) is 3.06. The number of hydrogen-bond acceptors (Lipinski definition) is 6. The van der Waals surface area contributed by atoms with Gasteiger partial charge in [-0.3, -0.25) is 9.78 Å². The molecule has 0 saturated heterocycles. The molecule has 0 saturated carbocycles. The monoisotopic (exact) mass is 342 g/mol. The molecule has 0 unspecified atom stereocenters. The van der Waals surface area contributed by atoms with E-state index in [1.165, 1.54) is 6.20 Å². The lowest BCUT2D eigenvalue weighted by atomic mass is 10.2. The van der Waals surface area contributed by atoms with Crippen molar-refractivity contribution in [3.05, 3.63) is 39.2 Å². The first-order valence-corrected chi connectivity index (χ1v) is 7.76. The molecule has 0 spiro atoms. The SMILES string of the molecule is C=C(C)OCOCCCCCCOC(=O)c1c[nH]c(=S)[nH]c1=O. The lowest BCUT2D eigenvalue weighted by Crippen LogP contribution is -2.20. The molecule has 0 aromatic carbocycles. The molecule has 23 heavy (non-hydrogen) atoms. The molecule has 1 aromatic rings. The van der Waals surface area contributed by atoms with Gasteiger partial charge in [0.15, 0.2) is 11.6 Å². The normalized spacial score (nSPS) is 10.3. The van der Waals surface area contributed by atoms with Gasteiger partial charge in [-0.1, -0.05) is 13.0 Å². The highest BCUT2D eigenvalue weighted by molar-refractivity contribution is 7.71. The highest BCUT2D eigenvalue weighted by Crippen LogP contribution is 2.02. The Morgan fingerprint density at radius 3 is 2.57 bits per heavy atom. The summed E-state index contributed by atoms with van der Waals surface area (Å²) in [4.78, 5) is 28.1. The summed E-state index contributed by atoms with van der Waals surface area (Å²) in [5.41, 5.74) is -0.627. The minimum absolute atomic E-state index is 0.0792. The predicted octanol–water partition coefficient (Wildman–Crippen LogP) is 2.67. The quantitative estimate of drug-likeness (QED) is 0.211. The van der Waals surface area contributed by atoms with Crippen molar-refractivity contribution in [3.63, 3.8) is 0 Å². The first kappa shape index (κ1) is 19.1. The third kappa shape index (κ3) is 8.32. The number of esters is 1. The van der Waals surface area contributed by atoms with Crippen molar-refractivity contribution in [3.8, 4) is 0 Å². The molecular weight excluding hydrogens is 320 g/mol. The van der Waals surface area contributed by atoms with Crippen LogP contribution in [-0.4, -0.2) is 35.9 Å². The maximum Gasteiger partial charge on any atom is 0.345 e. The van der Waals surface area contributed by atoms with Crippen LogP contribution in [-0.2, 0) is 14.2 Å². The molecule has 0 amide bonds. The fourth-order valence-electron chi connectivity index (χ4n) is 1.66. The van der Waals surface area contributed by atoms with Gasteiger partial charge < -0.3 is 19.2 Å². The second-order valence-electron chi connectivity index (χ2n) is 4.91. The Balaban J connectivity index is 2.06. The number of hydrogen-bond donors (Lipinski definition) is 2. The van der Waals surface area contributed by atoms with Gasteiger partial charge in [0, 0.05) is 6.20 Å². The Kier molecular flexibility index (Phi) is 8.93. The lowest BCUT2D eigenvalue weighted by molar-refractivity contribution is -0.0234. The van der Waals surface area contributed by atoms with E-state index in [2.05, 4.69) is 16.5 Å². The fraction of sp³-hybridized carbons (Fsp3) is 0.533. The zero-order chi connectivity index (χ0) is 17.1. The van der Waals surface area contributed by atoms with Crippen LogP contribution in [0.4, 0.5) is 0 Å². The number of carbonyl (C=O) groups is 1. The van der Waals surface area contributed by atoms with Crippen LogP contribution in [0, 0.1) is 4.77 Å². The van der Waals surface area contributed by atoms with Crippen molar-refractivity contribution < 1.29 is 19.0 Å². The van der Waals surface area contributed by atoms with Crippen molar-refractivity contribution in [2.24, 2.45) is 0 Å². The van der Waals surface area contributed by atoms with E-state index >= 15 is 0 Å². The first-order chi connectivity index (χ1) is 11.0. The number of allylic oxidation sites excluding steroid dienone is 1. The van der Waals surface area contributed by atoms with Gasteiger partial charge in [-0.2, -0.15) is 0 Å². The molecule has 0 fully saturated rings. The van der Waals surface area contributed by atoms with Crippen LogP contribution in [0.25, 0.3) is 0 Å². The molecule has 0 aliphatic rings. The molecule has 0 aliphatic heterocycles. The smallest absolute Gasteiger partial charge is 0.345 e. The second kappa shape index (κ2) is 10.7. The zero-order valence-electron chi connectivity index (χ0n) is 13.2. The van der Waals surface area contributed by atoms with E-state index in [0.29, 0.717) is 12.4 Å². The molecule has 2 N–H and O–H groups in total. The van der Waals surface area contributed by atoms with Crippen LogP contribution in [0.3, 0.4) is 0 Å². The van der Waals surface area contributed by atoms with Crippen molar-refractivity contribution in [2.45, 2.75) is 32.6 Å². The van der Waals surface area contributed by atoms with E-state index in [9.17, 15) is 9.59 Å². The summed E-state index contributed by atoms with van der Waals surface area (Å²) >= 11 is 4.75. The molecule has 0 radical (unpaired) electrons. The fourth-order valence-corrected chi connectivity index (χ4v) is 1.82. The average Bonchev–Trinajstić information content (AvgIpc) is 2.48. The average molecular weight is 342 g/mol. The zero-order valence-corrected chi connectivity index (χ0v) is 14.0. The maximum atomic E-state index is 11.7. The molecule has 1 heterocycles. The van der Waals surface area contributed by atoms with Crippen LogP contribution < -0.4 is 5.56 Å². The van der Waals surface area contributed by atoms with Crippen molar-refractivity contribution >= 4 is 18.2 Å². The van der Waals surface area contributed by atoms with Crippen LogP contribution in [0.15, 0.2) is 23.3 Å². The van der Waals surface area contributed by atoms with Gasteiger partial charge >= 0.3 is 5.97 Å². The molecule has 1 aromatic heterocycles. The van der Waals surface area contributed by atoms with E-state index in [1.54, 1.807) is 6.92 Å². The van der Waals surface area contributed by atoms with Crippen molar-refractivity contribution in [1.29, 1.82) is 0 Å². The number of carbonyl (C=O) groups excluding carboxylic acids is 1. The van der Waals surface area contributed by atoms with E-state index in [1.807, 2.05) is 0 Å². The number of H-pyrrole nitrogens is 2. The van der Waals surface area contributed by atoms with E-state index < -0.39 is 11.5 Å². The van der Waals surface area contributed by atoms with Crippen molar-refractivity contribution in [1.82, 2.24) is 9.97 Å². The van der Waals surface area contributed by atoms with Gasteiger partial charge in [-0.15, -0.1) is 0 Å². The number of unbranched alkanes of at least 4 members (excludes halogenated alkanes) is 3. The number of aromatic nitrogens is 2. The Labute approximate surface area is 139 Å². The van der Waals surface area contributed by atoms with E-state index in [0.717, 1.165) is 25.7 Å². The summed E-state index contributed by atoms with van der Waals surface area (Å²) in [7, 11) is 0. The largest absolute Gasteiger partial charge is 0.473 e. The van der Waals surface area contributed by atoms with Gasteiger partial charge in [-0.25, -0.2) is 4.79 Å². The summed E-state index contributed by atoms with van der Waals surface area (Å²) in [6, 6.07) is 0. The van der Waals surface area contributed by atoms with E-state index in [4.69, 9.17) is 26.4 Å². The Bertz CT molecular complexity index is 623. The molecule has 7 nitrogen and oxygen atoms in total. The summed E-state index contributed by atoms with van der Waals surface area (Å²) in [6.07, 6.45) is 4.76. The van der Waals surface area contributed by atoms with Crippen LogP contribution in [0.1, 0.15) is 43.0 Å². The standard InChI is InChI=1S/C15H22N2O5S/c1-11(2)22-10-20-7-5-3-4-6-8-21-14(19)12-9-16-15(23)17-13(12)18/h9H,1,3-8,10H2,2H3,(H2,16,17,18,23). The summed E-state index contributed by atoms with van der Waals surface area (Å²) in [5.74, 6) is -0.0247. The number of nitrogens with one attached hydrogen (secondary N) is 2. The van der Waals surface area contributed by atoms with Crippen LogP contribution in [0.2, 0.25) is 0 Å². The maximum absolute atomic E-state index is 11.7. The van der Waals surface area contributed by atoms with E-state index in [-0.39, 0.29) is 23.7 Å². The molecule has 128 valence electrons. The lowest BCUT2D eigenvalue weighted by Gasteiger charge is -2.06. The van der Waals surface area contributed by atoms with Crippen molar-refractivity contribution in [2.75, 3.05) is 20.0 Å². The highest BCUT2D eigenvalue weighted by atomic mass is 32.1. The van der Waals surface area contributed by atoms with Gasteiger partial charge in [0.05, 0.1) is 19.0 Å². The Hall–Kier alpha value is -1.93. The first-order valence-electron chi connectivity index (χ1n) is 7.36. The Morgan fingerprint density at radius 1 is 1.22 bits per heavy atom. The summed E-state index contributed by atoms with van der Waals surface area (Å²) in [6.45, 7) is 6.47. The highest BCUT2D eigenvalue weighted by Gasteiger charge is 2.11. The minimum Gasteiger partial charge on any atom is -0.473 e. The molecule has 8 heteroatoms. The molecule has 0 aliphatic carbocycles. The second-order valence-corrected chi connectivity index (χ2v) is 5.32.